The lowest BCUT2D eigenvalue weighted by Gasteiger charge is -2.33. The van der Waals surface area contributed by atoms with E-state index in [4.69, 9.17) is 0 Å². The lowest BCUT2D eigenvalue weighted by molar-refractivity contribution is -0.127. The first-order chi connectivity index (χ1) is 10.1. The zero-order valence-corrected chi connectivity index (χ0v) is 12.3. The molecule has 0 aromatic carbocycles. The van der Waals surface area contributed by atoms with Crippen LogP contribution in [-0.2, 0) is 23.1 Å². The highest BCUT2D eigenvalue weighted by Gasteiger charge is 2.40. The normalized spacial score (nSPS) is 25.5. The summed E-state index contributed by atoms with van der Waals surface area (Å²) in [4.78, 5) is 23.7. The maximum Gasteiger partial charge on any atom is 0.220 e. The van der Waals surface area contributed by atoms with Crippen molar-refractivity contribution in [2.24, 2.45) is 13.0 Å². The van der Waals surface area contributed by atoms with Gasteiger partial charge in [-0.3, -0.25) is 14.3 Å². The van der Waals surface area contributed by atoms with Crippen LogP contribution in [0.5, 0.6) is 0 Å². The van der Waals surface area contributed by atoms with Crippen LogP contribution < -0.4 is 10.6 Å². The van der Waals surface area contributed by atoms with E-state index in [0.29, 0.717) is 25.2 Å². The molecule has 2 aliphatic rings. The first kappa shape index (κ1) is 14.1. The third-order valence-corrected chi connectivity index (χ3v) is 4.45. The van der Waals surface area contributed by atoms with E-state index in [1.807, 2.05) is 13.1 Å². The molecule has 1 saturated carbocycles. The molecule has 0 radical (unpaired) electrons. The van der Waals surface area contributed by atoms with E-state index in [2.05, 4.69) is 15.7 Å². The number of hydrogen-bond acceptors (Lipinski definition) is 3. The Morgan fingerprint density at radius 3 is 2.95 bits per heavy atom. The second-order valence-electron chi connectivity index (χ2n) is 6.09. The van der Waals surface area contributed by atoms with Crippen LogP contribution in [0.4, 0.5) is 0 Å². The van der Waals surface area contributed by atoms with E-state index < -0.39 is 0 Å². The van der Waals surface area contributed by atoms with Crippen molar-refractivity contribution in [1.82, 2.24) is 20.4 Å². The van der Waals surface area contributed by atoms with Crippen molar-refractivity contribution in [3.63, 3.8) is 0 Å². The summed E-state index contributed by atoms with van der Waals surface area (Å²) < 4.78 is 1.79. The minimum Gasteiger partial charge on any atom is -0.351 e. The van der Waals surface area contributed by atoms with E-state index in [1.54, 1.807) is 10.9 Å². The fourth-order valence-corrected chi connectivity index (χ4v) is 3.06. The molecule has 1 saturated heterocycles. The van der Waals surface area contributed by atoms with Crippen molar-refractivity contribution < 1.29 is 9.59 Å². The van der Waals surface area contributed by atoms with E-state index in [9.17, 15) is 9.59 Å². The predicted molar refractivity (Wildman–Crippen MR) is 77.3 cm³/mol. The molecule has 0 spiro atoms. The summed E-state index contributed by atoms with van der Waals surface area (Å²) in [5, 5.41) is 10.3. The second kappa shape index (κ2) is 5.87. The maximum atomic E-state index is 12.1. The molecule has 21 heavy (non-hydrogen) atoms. The Kier molecular flexibility index (Phi) is 3.94. The minimum absolute atomic E-state index is 0.0583. The summed E-state index contributed by atoms with van der Waals surface area (Å²) in [5.74, 6) is 0.729. The van der Waals surface area contributed by atoms with Crippen molar-refractivity contribution in [3.8, 4) is 0 Å². The first-order valence-electron chi connectivity index (χ1n) is 7.69. The number of nitrogens with zero attached hydrogens (tertiary/aromatic N) is 2. The first-order valence-corrected chi connectivity index (χ1v) is 7.69. The highest BCUT2D eigenvalue weighted by atomic mass is 16.2. The van der Waals surface area contributed by atoms with Crippen LogP contribution in [0.2, 0.25) is 0 Å². The van der Waals surface area contributed by atoms with Crippen molar-refractivity contribution in [3.05, 3.63) is 18.0 Å². The maximum absolute atomic E-state index is 12.1. The molecule has 0 bridgehead atoms. The number of piperidine rings is 1. The Morgan fingerprint density at radius 1 is 1.48 bits per heavy atom. The van der Waals surface area contributed by atoms with Crippen LogP contribution in [0, 0.1) is 5.92 Å². The van der Waals surface area contributed by atoms with Crippen molar-refractivity contribution >= 4 is 11.8 Å². The number of amides is 2. The average molecular weight is 290 g/mol. The lowest BCUT2D eigenvalue weighted by atomic mass is 9.94. The average Bonchev–Trinajstić information content (AvgIpc) is 3.22. The Labute approximate surface area is 124 Å². The highest BCUT2D eigenvalue weighted by Crippen LogP contribution is 2.36. The quantitative estimate of drug-likeness (QED) is 0.830. The summed E-state index contributed by atoms with van der Waals surface area (Å²) in [6, 6.07) is 2.15. The summed E-state index contributed by atoms with van der Waals surface area (Å²) >= 11 is 0. The van der Waals surface area contributed by atoms with Gasteiger partial charge < -0.3 is 10.6 Å². The molecule has 6 heteroatoms. The summed E-state index contributed by atoms with van der Waals surface area (Å²) in [6.45, 7) is 0. The molecular weight excluding hydrogens is 268 g/mol. The van der Waals surface area contributed by atoms with Gasteiger partial charge in [-0.2, -0.15) is 5.10 Å². The third kappa shape index (κ3) is 3.43. The molecule has 2 fully saturated rings. The molecule has 3 rings (SSSR count). The van der Waals surface area contributed by atoms with Gasteiger partial charge >= 0.3 is 0 Å². The van der Waals surface area contributed by atoms with E-state index >= 15 is 0 Å². The monoisotopic (exact) mass is 290 g/mol. The number of aromatic nitrogens is 2. The van der Waals surface area contributed by atoms with Gasteiger partial charge in [-0.05, 0) is 37.7 Å². The van der Waals surface area contributed by atoms with Gasteiger partial charge in [0.05, 0.1) is 6.04 Å². The highest BCUT2D eigenvalue weighted by molar-refractivity contribution is 5.79. The van der Waals surface area contributed by atoms with Crippen LogP contribution in [0.25, 0.3) is 0 Å². The molecule has 1 aliphatic heterocycles. The van der Waals surface area contributed by atoms with Crippen LogP contribution in [0.1, 0.15) is 37.8 Å². The Bertz CT molecular complexity index is 536. The summed E-state index contributed by atoms with van der Waals surface area (Å²) in [5.41, 5.74) is 1.06. The van der Waals surface area contributed by atoms with Crippen LogP contribution in [0.3, 0.4) is 0 Å². The van der Waals surface area contributed by atoms with Gasteiger partial charge in [0, 0.05) is 37.8 Å². The van der Waals surface area contributed by atoms with Gasteiger partial charge in [-0.15, -0.1) is 0 Å². The smallest absolute Gasteiger partial charge is 0.220 e. The van der Waals surface area contributed by atoms with Crippen LogP contribution in [0.15, 0.2) is 12.3 Å². The van der Waals surface area contributed by atoms with Gasteiger partial charge in [0.15, 0.2) is 0 Å². The Morgan fingerprint density at radius 2 is 2.29 bits per heavy atom. The molecular formula is C15H22N4O2. The fraction of sp³-hybridized carbons (Fsp3) is 0.667. The summed E-state index contributed by atoms with van der Waals surface area (Å²) in [7, 11) is 1.88. The van der Waals surface area contributed by atoms with Crippen LogP contribution in [-0.4, -0.2) is 33.7 Å². The Balaban J connectivity index is 1.51. The number of carbonyl (C=O) groups excluding carboxylic acids is 2. The molecule has 1 aromatic heterocycles. The lowest BCUT2D eigenvalue weighted by Crippen LogP contribution is -2.56. The van der Waals surface area contributed by atoms with Crippen molar-refractivity contribution in [1.29, 1.82) is 0 Å². The van der Waals surface area contributed by atoms with E-state index in [0.717, 1.165) is 25.0 Å². The number of nitrogens with one attached hydrogen (secondary N) is 2. The summed E-state index contributed by atoms with van der Waals surface area (Å²) in [6.07, 6.45) is 6.48. The molecule has 2 atom stereocenters. The van der Waals surface area contributed by atoms with Crippen molar-refractivity contribution in [2.45, 2.75) is 50.6 Å². The van der Waals surface area contributed by atoms with E-state index in [-0.39, 0.29) is 23.9 Å². The van der Waals surface area contributed by atoms with E-state index in [1.165, 1.54) is 0 Å². The van der Waals surface area contributed by atoms with Crippen LogP contribution >= 0.6 is 0 Å². The molecule has 1 aliphatic carbocycles. The minimum atomic E-state index is 0.0583. The van der Waals surface area contributed by atoms with Gasteiger partial charge in [0.1, 0.15) is 0 Å². The zero-order chi connectivity index (χ0) is 14.8. The fourth-order valence-electron chi connectivity index (χ4n) is 3.06. The molecule has 1 aromatic rings. The zero-order valence-electron chi connectivity index (χ0n) is 12.3. The predicted octanol–water partition coefficient (Wildman–Crippen LogP) is 0.526. The molecule has 0 unspecified atom stereocenters. The second-order valence-corrected chi connectivity index (χ2v) is 6.09. The van der Waals surface area contributed by atoms with Crippen molar-refractivity contribution in [2.75, 3.05) is 0 Å². The van der Waals surface area contributed by atoms with Gasteiger partial charge in [-0.1, -0.05) is 0 Å². The number of rotatable bonds is 5. The molecule has 2 amide bonds. The topological polar surface area (TPSA) is 76.0 Å². The molecule has 114 valence electrons. The van der Waals surface area contributed by atoms with Gasteiger partial charge in [-0.25, -0.2) is 0 Å². The molecule has 2 heterocycles. The standard InChI is InChI=1S/C15H22N4O2/c1-19-11(8-9-16-19)4-6-13(20)17-12-5-7-14(21)18-15(12)10-2-3-10/h8-10,12,15H,2-7H2,1H3,(H,17,20)(H,18,21)/t12-,15+/m1/s1. The number of hydrogen-bond donors (Lipinski definition) is 2. The number of carbonyl (C=O) groups is 2. The SMILES string of the molecule is Cn1nccc1CCC(=O)N[C@@H]1CCC(=O)N[C@H]1C1CC1. The van der Waals surface area contributed by atoms with Gasteiger partial charge in [0.2, 0.25) is 11.8 Å². The molecule has 2 N–H and O–H groups in total. The largest absolute Gasteiger partial charge is 0.351 e. The Hall–Kier alpha value is -1.85. The van der Waals surface area contributed by atoms with Gasteiger partial charge in [0.25, 0.3) is 0 Å². The third-order valence-electron chi connectivity index (χ3n) is 4.45. The molecule has 6 nitrogen and oxygen atoms in total. The number of aryl methyl sites for hydroxylation is 2.